The first-order valence-corrected chi connectivity index (χ1v) is 6.70. The van der Waals surface area contributed by atoms with Crippen molar-refractivity contribution in [1.29, 1.82) is 0 Å². The summed E-state index contributed by atoms with van der Waals surface area (Å²) in [5.41, 5.74) is 10.7. The summed E-state index contributed by atoms with van der Waals surface area (Å²) in [6, 6.07) is 11.3. The number of aromatic nitrogens is 2. The van der Waals surface area contributed by atoms with Crippen LogP contribution >= 0.6 is 0 Å². The van der Waals surface area contributed by atoms with Crippen LogP contribution in [0.25, 0.3) is 11.0 Å². The van der Waals surface area contributed by atoms with E-state index in [2.05, 4.69) is 9.97 Å². The van der Waals surface area contributed by atoms with Gasteiger partial charge in [-0.3, -0.25) is 0 Å². The highest BCUT2D eigenvalue weighted by Crippen LogP contribution is 2.26. The van der Waals surface area contributed by atoms with Crippen LogP contribution in [0.5, 0.6) is 5.75 Å². The fourth-order valence-corrected chi connectivity index (χ4v) is 2.53. The number of aromatic amines is 2. The van der Waals surface area contributed by atoms with E-state index in [0.717, 1.165) is 33.5 Å². The predicted molar refractivity (Wildman–Crippen MR) is 82.7 cm³/mol. The molecule has 3 rings (SSSR count). The van der Waals surface area contributed by atoms with E-state index in [-0.39, 0.29) is 11.7 Å². The van der Waals surface area contributed by atoms with E-state index in [1.165, 1.54) is 0 Å². The molecule has 1 heterocycles. The molecule has 0 saturated carbocycles. The summed E-state index contributed by atoms with van der Waals surface area (Å²) >= 11 is 0. The molecule has 0 aliphatic heterocycles. The Balaban J connectivity index is 2.04. The van der Waals surface area contributed by atoms with Crippen LogP contribution < -0.4 is 16.2 Å². The van der Waals surface area contributed by atoms with E-state index < -0.39 is 0 Å². The van der Waals surface area contributed by atoms with Crippen molar-refractivity contribution in [2.45, 2.75) is 13.0 Å². The fourth-order valence-electron chi connectivity index (χ4n) is 2.53. The van der Waals surface area contributed by atoms with Crippen LogP contribution in [0.1, 0.15) is 22.7 Å². The van der Waals surface area contributed by atoms with Crippen molar-refractivity contribution in [2.75, 3.05) is 7.11 Å². The number of hydrogen-bond acceptors (Lipinski definition) is 3. The number of aryl methyl sites for hydroxylation is 1. The van der Waals surface area contributed by atoms with Gasteiger partial charge in [-0.15, -0.1) is 0 Å². The number of ether oxygens (including phenoxy) is 1. The van der Waals surface area contributed by atoms with Crippen LogP contribution in [-0.4, -0.2) is 17.1 Å². The largest absolute Gasteiger partial charge is 0.497 e. The summed E-state index contributed by atoms with van der Waals surface area (Å²) in [6.45, 7) is 1.99. The predicted octanol–water partition coefficient (Wildman–Crippen LogP) is 2.22. The Morgan fingerprint density at radius 1 is 1.10 bits per heavy atom. The topological polar surface area (TPSA) is 83.9 Å². The fraction of sp³-hybridized carbons (Fsp3) is 0.188. The smallest absolute Gasteiger partial charge is 0.323 e. The zero-order valence-corrected chi connectivity index (χ0v) is 11.9. The monoisotopic (exact) mass is 283 g/mol. The highest BCUT2D eigenvalue weighted by molar-refractivity contribution is 5.76. The molecule has 1 unspecified atom stereocenters. The lowest BCUT2D eigenvalue weighted by Gasteiger charge is -2.16. The number of nitrogens with one attached hydrogen (secondary N) is 2. The van der Waals surface area contributed by atoms with E-state index in [4.69, 9.17) is 10.5 Å². The maximum atomic E-state index is 11.4. The average molecular weight is 283 g/mol. The van der Waals surface area contributed by atoms with Gasteiger partial charge in [-0.25, -0.2) is 4.79 Å². The SMILES string of the molecule is COc1ccc(C(N)c2cc3[nH]c(=O)[nH]c3cc2C)cc1. The summed E-state index contributed by atoms with van der Waals surface area (Å²) < 4.78 is 5.15. The standard InChI is InChI=1S/C16H17N3O2/c1-9-7-13-14(19-16(20)18-13)8-12(9)15(17)10-3-5-11(21-2)6-4-10/h3-8,15H,17H2,1-2H3,(H2,18,19,20). The van der Waals surface area contributed by atoms with Crippen molar-refractivity contribution in [3.63, 3.8) is 0 Å². The molecule has 0 aliphatic rings. The van der Waals surface area contributed by atoms with Crippen LogP contribution in [0.15, 0.2) is 41.2 Å². The number of fused-ring (bicyclic) bond motifs is 1. The number of benzene rings is 2. The van der Waals surface area contributed by atoms with Crippen LogP contribution in [0.4, 0.5) is 0 Å². The van der Waals surface area contributed by atoms with E-state index in [1.54, 1.807) is 7.11 Å². The highest BCUT2D eigenvalue weighted by Gasteiger charge is 2.13. The summed E-state index contributed by atoms with van der Waals surface area (Å²) in [4.78, 5) is 16.9. The van der Waals surface area contributed by atoms with Gasteiger partial charge in [0.25, 0.3) is 0 Å². The minimum absolute atomic E-state index is 0.209. The molecule has 5 heteroatoms. The number of rotatable bonds is 3. The molecule has 0 spiro atoms. The van der Waals surface area contributed by atoms with Gasteiger partial charge in [0.2, 0.25) is 0 Å². The molecular weight excluding hydrogens is 266 g/mol. The molecule has 21 heavy (non-hydrogen) atoms. The summed E-state index contributed by atoms with van der Waals surface area (Å²) in [5, 5.41) is 0. The molecule has 0 radical (unpaired) electrons. The van der Waals surface area contributed by atoms with E-state index >= 15 is 0 Å². The minimum atomic E-state index is -0.251. The first-order chi connectivity index (χ1) is 10.1. The lowest BCUT2D eigenvalue weighted by atomic mass is 9.95. The number of H-pyrrole nitrogens is 2. The molecule has 4 N–H and O–H groups in total. The Kier molecular flexibility index (Phi) is 3.27. The first kappa shape index (κ1) is 13.5. The van der Waals surface area contributed by atoms with Gasteiger partial charge in [0.15, 0.2) is 0 Å². The summed E-state index contributed by atoms with van der Waals surface area (Å²) in [5.74, 6) is 0.799. The highest BCUT2D eigenvalue weighted by atomic mass is 16.5. The van der Waals surface area contributed by atoms with Crippen LogP contribution in [-0.2, 0) is 0 Å². The zero-order valence-electron chi connectivity index (χ0n) is 11.9. The Labute approximate surface area is 121 Å². The Morgan fingerprint density at radius 3 is 2.33 bits per heavy atom. The molecule has 0 fully saturated rings. The van der Waals surface area contributed by atoms with Crippen LogP contribution in [0, 0.1) is 6.92 Å². The van der Waals surface area contributed by atoms with Gasteiger partial charge < -0.3 is 20.4 Å². The Morgan fingerprint density at radius 2 is 1.71 bits per heavy atom. The van der Waals surface area contributed by atoms with Crippen molar-refractivity contribution in [3.8, 4) is 5.75 Å². The van der Waals surface area contributed by atoms with Gasteiger partial charge in [0, 0.05) is 0 Å². The lowest BCUT2D eigenvalue weighted by molar-refractivity contribution is 0.414. The molecular formula is C16H17N3O2. The molecule has 0 amide bonds. The molecule has 5 nitrogen and oxygen atoms in total. The van der Waals surface area contributed by atoms with Crippen LogP contribution in [0.2, 0.25) is 0 Å². The van der Waals surface area contributed by atoms with Crippen molar-refractivity contribution in [1.82, 2.24) is 9.97 Å². The van der Waals surface area contributed by atoms with Gasteiger partial charge in [0.05, 0.1) is 24.2 Å². The summed E-state index contributed by atoms with van der Waals surface area (Å²) in [7, 11) is 1.63. The third-order valence-electron chi connectivity index (χ3n) is 3.71. The molecule has 1 aromatic heterocycles. The quantitative estimate of drug-likeness (QED) is 0.689. The number of hydrogen-bond donors (Lipinski definition) is 3. The van der Waals surface area contributed by atoms with Gasteiger partial charge in [0.1, 0.15) is 5.75 Å². The third kappa shape index (κ3) is 2.43. The minimum Gasteiger partial charge on any atom is -0.497 e. The Bertz CT molecular complexity index is 831. The molecule has 0 aliphatic carbocycles. The Hall–Kier alpha value is -2.53. The van der Waals surface area contributed by atoms with Crippen molar-refractivity contribution in [3.05, 3.63) is 63.6 Å². The van der Waals surface area contributed by atoms with Crippen LogP contribution in [0.3, 0.4) is 0 Å². The van der Waals surface area contributed by atoms with Gasteiger partial charge in [-0.2, -0.15) is 0 Å². The van der Waals surface area contributed by atoms with Crippen molar-refractivity contribution >= 4 is 11.0 Å². The normalized spacial score (nSPS) is 12.5. The third-order valence-corrected chi connectivity index (χ3v) is 3.71. The molecule has 3 aromatic rings. The van der Waals surface area contributed by atoms with E-state index in [9.17, 15) is 4.79 Å². The maximum Gasteiger partial charge on any atom is 0.323 e. The molecule has 108 valence electrons. The molecule has 2 aromatic carbocycles. The zero-order chi connectivity index (χ0) is 15.0. The number of nitrogens with two attached hydrogens (primary N) is 1. The van der Waals surface area contributed by atoms with E-state index in [0.29, 0.717) is 0 Å². The van der Waals surface area contributed by atoms with Gasteiger partial charge in [-0.1, -0.05) is 12.1 Å². The van der Waals surface area contributed by atoms with Gasteiger partial charge >= 0.3 is 5.69 Å². The van der Waals surface area contributed by atoms with Crippen molar-refractivity contribution < 1.29 is 4.74 Å². The molecule has 1 atom stereocenters. The summed E-state index contributed by atoms with van der Waals surface area (Å²) in [6.07, 6.45) is 0. The molecule has 0 bridgehead atoms. The molecule has 0 saturated heterocycles. The van der Waals surface area contributed by atoms with Gasteiger partial charge in [-0.05, 0) is 47.9 Å². The van der Waals surface area contributed by atoms with E-state index in [1.807, 2.05) is 43.3 Å². The second-order valence-electron chi connectivity index (χ2n) is 5.08. The first-order valence-electron chi connectivity index (χ1n) is 6.70. The average Bonchev–Trinajstić information content (AvgIpc) is 2.85. The maximum absolute atomic E-state index is 11.4. The number of methoxy groups -OCH3 is 1. The lowest BCUT2D eigenvalue weighted by Crippen LogP contribution is -2.13. The second kappa shape index (κ2) is 5.10. The number of imidazole rings is 1. The van der Waals surface area contributed by atoms with Crippen molar-refractivity contribution in [2.24, 2.45) is 5.73 Å². The second-order valence-corrected chi connectivity index (χ2v) is 5.08.